The van der Waals surface area contributed by atoms with Crippen LogP contribution in [0, 0.1) is 5.41 Å². The molecule has 3 unspecified atom stereocenters. The Bertz CT molecular complexity index is 1390. The Kier molecular flexibility index (Phi) is 5.76. The number of hydrogen-bond acceptors (Lipinski definition) is 3. The van der Waals surface area contributed by atoms with Crippen LogP contribution in [0.4, 0.5) is 0 Å². The number of aromatic nitrogens is 1. The molecule has 3 atom stereocenters. The number of nitrogens with zero attached hydrogens (tertiary/aromatic N) is 2. The molecule has 2 aromatic carbocycles. The van der Waals surface area contributed by atoms with Gasteiger partial charge in [0, 0.05) is 42.7 Å². The molecule has 36 heavy (non-hydrogen) atoms. The van der Waals surface area contributed by atoms with Gasteiger partial charge in [-0.15, -0.1) is 0 Å². The van der Waals surface area contributed by atoms with Crippen LogP contribution in [0.3, 0.4) is 0 Å². The quantitative estimate of drug-likeness (QED) is 0.481. The zero-order valence-electron chi connectivity index (χ0n) is 21.6. The fourth-order valence-corrected chi connectivity index (χ4v) is 7.07. The van der Waals surface area contributed by atoms with Crippen molar-refractivity contribution in [3.05, 3.63) is 53.1 Å². The van der Waals surface area contributed by atoms with E-state index < -0.39 is 11.2 Å². The molecule has 1 N–H and O–H groups in total. The third-order valence-corrected chi connectivity index (χ3v) is 9.67. The van der Waals surface area contributed by atoms with Crippen molar-refractivity contribution in [1.82, 2.24) is 13.6 Å². The van der Waals surface area contributed by atoms with E-state index in [9.17, 15) is 9.00 Å². The van der Waals surface area contributed by atoms with E-state index in [0.717, 1.165) is 24.2 Å². The molecule has 7 heteroatoms. The van der Waals surface area contributed by atoms with Crippen LogP contribution in [-0.4, -0.2) is 40.2 Å². The predicted octanol–water partition coefficient (Wildman–Crippen LogP) is 5.74. The van der Waals surface area contributed by atoms with E-state index in [2.05, 4.69) is 40.5 Å². The Morgan fingerprint density at radius 1 is 1.14 bits per heavy atom. The maximum absolute atomic E-state index is 13.0. The predicted molar refractivity (Wildman–Crippen MR) is 145 cm³/mol. The van der Waals surface area contributed by atoms with Crippen LogP contribution in [0.2, 0.25) is 0 Å². The second kappa shape index (κ2) is 8.73. The topological polar surface area (TPSA) is 63.6 Å². The Morgan fingerprint density at radius 2 is 1.92 bits per heavy atom. The number of amides is 1. The fourth-order valence-electron chi connectivity index (χ4n) is 6.61. The second-order valence-electron chi connectivity index (χ2n) is 11.3. The summed E-state index contributed by atoms with van der Waals surface area (Å²) >= 11 is -1.56. The molecular formula is C29H35N3O3S. The lowest BCUT2D eigenvalue weighted by molar-refractivity contribution is 0.0981. The molecule has 0 bridgehead atoms. The molecule has 1 aliphatic heterocycles. The summed E-state index contributed by atoms with van der Waals surface area (Å²) in [6, 6.07) is 12.6. The number of rotatable bonds is 5. The molecule has 0 radical (unpaired) electrons. The summed E-state index contributed by atoms with van der Waals surface area (Å²) in [5.41, 5.74) is 7.34. The lowest BCUT2D eigenvalue weighted by Crippen LogP contribution is -2.34. The minimum absolute atomic E-state index is 0.187. The van der Waals surface area contributed by atoms with Crippen LogP contribution in [0.1, 0.15) is 78.8 Å². The van der Waals surface area contributed by atoms with Crippen molar-refractivity contribution in [1.29, 1.82) is 0 Å². The highest BCUT2D eigenvalue weighted by Gasteiger charge is 2.54. The summed E-state index contributed by atoms with van der Waals surface area (Å²) in [5.74, 6) is 1.65. The first-order valence-electron chi connectivity index (χ1n) is 13.1. The Labute approximate surface area is 215 Å². The van der Waals surface area contributed by atoms with E-state index >= 15 is 0 Å². The number of methoxy groups -OCH3 is 1. The third kappa shape index (κ3) is 3.79. The highest BCUT2D eigenvalue weighted by Crippen LogP contribution is 2.65. The number of nitrogens with one attached hydrogen (secondary N) is 1. The molecule has 1 aromatic heterocycles. The van der Waals surface area contributed by atoms with Gasteiger partial charge in [-0.25, -0.2) is 8.51 Å². The first-order valence-corrected chi connectivity index (χ1v) is 14.2. The van der Waals surface area contributed by atoms with Crippen LogP contribution >= 0.6 is 0 Å². The molecule has 2 aliphatic carbocycles. The van der Waals surface area contributed by atoms with Gasteiger partial charge in [-0.1, -0.05) is 32.3 Å². The van der Waals surface area contributed by atoms with Crippen molar-refractivity contribution in [2.45, 2.75) is 63.8 Å². The van der Waals surface area contributed by atoms with E-state index in [1.807, 2.05) is 12.1 Å². The monoisotopic (exact) mass is 505 g/mol. The number of carbonyl (C=O) groups is 1. The van der Waals surface area contributed by atoms with Gasteiger partial charge in [0.25, 0.3) is 5.91 Å². The Morgan fingerprint density at radius 3 is 2.64 bits per heavy atom. The largest absolute Gasteiger partial charge is 0.497 e. The minimum atomic E-state index is -1.56. The maximum atomic E-state index is 13.0. The molecular weight excluding hydrogens is 470 g/mol. The SMILES string of the molecule is COc1ccc2c(c1)C1CC1(C)Cn1c-2c(C2CCCCC2)c2ccc(C(=O)NS(=O)N(C)C)cc21. The fraction of sp³-hybridized carbons (Fsp3) is 0.483. The lowest BCUT2D eigenvalue weighted by atomic mass is 9.81. The molecule has 2 saturated carbocycles. The van der Waals surface area contributed by atoms with Crippen molar-refractivity contribution in [3.63, 3.8) is 0 Å². The van der Waals surface area contributed by atoms with Crippen LogP contribution in [0.25, 0.3) is 22.2 Å². The number of benzene rings is 2. The normalized spacial score (nSPS) is 24.0. The maximum Gasteiger partial charge on any atom is 0.264 e. The van der Waals surface area contributed by atoms with Crippen molar-refractivity contribution >= 4 is 28.0 Å². The second-order valence-corrected chi connectivity index (χ2v) is 12.7. The average molecular weight is 506 g/mol. The average Bonchev–Trinajstić information content (AvgIpc) is 3.48. The van der Waals surface area contributed by atoms with Gasteiger partial charge in [-0.2, -0.15) is 0 Å². The van der Waals surface area contributed by atoms with Gasteiger partial charge in [-0.05, 0) is 78.0 Å². The third-order valence-electron chi connectivity index (χ3n) is 8.65. The van der Waals surface area contributed by atoms with E-state index in [0.29, 0.717) is 17.4 Å². The van der Waals surface area contributed by atoms with E-state index in [1.165, 1.54) is 64.2 Å². The van der Waals surface area contributed by atoms with Gasteiger partial charge < -0.3 is 9.30 Å². The summed E-state index contributed by atoms with van der Waals surface area (Å²) < 4.78 is 24.5. The number of hydrogen-bond donors (Lipinski definition) is 1. The van der Waals surface area contributed by atoms with Gasteiger partial charge in [0.05, 0.1) is 12.8 Å². The number of carbonyl (C=O) groups excluding carboxylic acids is 1. The standard InChI is InChI=1S/C29H35N3O3S/c1-29-16-24(29)23-15-20(35-4)11-13-21(23)27-26(18-8-6-5-7-9-18)22-12-10-19(14-25(22)32(27)17-29)28(33)30-36(34)31(2)3/h10-15,18,24H,5-9,16-17H2,1-4H3,(H,30,33). The van der Waals surface area contributed by atoms with Gasteiger partial charge >= 0.3 is 0 Å². The van der Waals surface area contributed by atoms with Crippen molar-refractivity contribution in [2.75, 3.05) is 21.2 Å². The van der Waals surface area contributed by atoms with Crippen LogP contribution in [0.15, 0.2) is 36.4 Å². The van der Waals surface area contributed by atoms with E-state index in [-0.39, 0.29) is 11.3 Å². The number of fused-ring (bicyclic) bond motifs is 7. The Balaban J connectivity index is 1.57. The summed E-state index contributed by atoms with van der Waals surface area (Å²) in [6.07, 6.45) is 7.43. The molecule has 6 nitrogen and oxygen atoms in total. The molecule has 2 heterocycles. The lowest BCUT2D eigenvalue weighted by Gasteiger charge is -2.24. The summed E-state index contributed by atoms with van der Waals surface area (Å²) in [6.45, 7) is 3.32. The highest BCUT2D eigenvalue weighted by atomic mass is 32.2. The van der Waals surface area contributed by atoms with E-state index in [4.69, 9.17) is 4.74 Å². The van der Waals surface area contributed by atoms with Gasteiger partial charge in [0.1, 0.15) is 5.75 Å². The number of ether oxygens (including phenoxy) is 1. The summed E-state index contributed by atoms with van der Waals surface area (Å²) in [7, 11) is 5.11. The minimum Gasteiger partial charge on any atom is -0.497 e. The van der Waals surface area contributed by atoms with Crippen LogP contribution < -0.4 is 9.46 Å². The molecule has 3 aromatic rings. The van der Waals surface area contributed by atoms with Gasteiger partial charge in [0.15, 0.2) is 11.2 Å². The summed E-state index contributed by atoms with van der Waals surface area (Å²) in [5, 5.41) is 1.26. The van der Waals surface area contributed by atoms with Crippen molar-refractivity contribution in [2.24, 2.45) is 5.41 Å². The highest BCUT2D eigenvalue weighted by molar-refractivity contribution is 7.81. The molecule has 3 aliphatic rings. The van der Waals surface area contributed by atoms with Gasteiger partial charge in [0.2, 0.25) is 0 Å². The molecule has 0 spiro atoms. The Hall–Kier alpha value is -2.64. The molecule has 0 saturated heterocycles. The van der Waals surface area contributed by atoms with Crippen molar-refractivity contribution < 1.29 is 13.7 Å². The first kappa shape index (κ1) is 23.7. The zero-order chi connectivity index (χ0) is 25.2. The molecule has 1 amide bonds. The van der Waals surface area contributed by atoms with Gasteiger partial charge in [-0.3, -0.25) is 9.52 Å². The first-order chi connectivity index (χ1) is 17.3. The summed E-state index contributed by atoms with van der Waals surface area (Å²) in [4.78, 5) is 13.0. The molecule has 6 rings (SSSR count). The smallest absolute Gasteiger partial charge is 0.264 e. The van der Waals surface area contributed by atoms with Crippen molar-refractivity contribution in [3.8, 4) is 17.0 Å². The zero-order valence-corrected chi connectivity index (χ0v) is 22.4. The van der Waals surface area contributed by atoms with Crippen LogP contribution in [-0.2, 0) is 17.7 Å². The molecule has 190 valence electrons. The van der Waals surface area contributed by atoms with Crippen LogP contribution in [0.5, 0.6) is 5.75 Å². The molecule has 2 fully saturated rings. The van der Waals surface area contributed by atoms with E-state index in [1.54, 1.807) is 21.2 Å².